The van der Waals surface area contributed by atoms with Crippen molar-refractivity contribution < 1.29 is 19.0 Å². The number of carbonyl (C=O) groups is 1. The third kappa shape index (κ3) is 4.19. The summed E-state index contributed by atoms with van der Waals surface area (Å²) in [5, 5.41) is 14.0. The number of nitriles is 1. The van der Waals surface area contributed by atoms with E-state index >= 15 is 0 Å². The molecule has 1 atom stereocenters. The summed E-state index contributed by atoms with van der Waals surface area (Å²) < 4.78 is 18.8. The molecule has 0 radical (unpaired) electrons. The Hall–Kier alpha value is -3.25. The predicted molar refractivity (Wildman–Crippen MR) is 112 cm³/mol. The minimum Gasteiger partial charge on any atom is -0.496 e. The topological polar surface area (TPSA) is 112 Å². The van der Waals surface area contributed by atoms with Crippen LogP contribution in [0.15, 0.2) is 57.9 Å². The zero-order chi connectivity index (χ0) is 21.8. The van der Waals surface area contributed by atoms with Crippen LogP contribution in [0.25, 0.3) is 0 Å². The molecular weight excluding hydrogens is 452 g/mol. The van der Waals surface area contributed by atoms with Crippen molar-refractivity contribution in [3.05, 3.63) is 69.0 Å². The zero-order valence-electron chi connectivity index (χ0n) is 16.8. The third-order valence-electron chi connectivity index (χ3n) is 4.67. The number of allylic oxidation sites excluding steroid dienone is 2. The molecule has 156 valence electrons. The van der Waals surface area contributed by atoms with Crippen LogP contribution in [0, 0.1) is 11.3 Å². The molecule has 1 aliphatic rings. The Morgan fingerprint density at radius 3 is 2.83 bits per heavy atom. The monoisotopic (exact) mass is 472 g/mol. The van der Waals surface area contributed by atoms with Crippen LogP contribution in [0.4, 0.5) is 0 Å². The summed E-state index contributed by atoms with van der Waals surface area (Å²) in [5.41, 5.74) is 7.90. The van der Waals surface area contributed by atoms with E-state index in [9.17, 15) is 10.1 Å². The quantitative estimate of drug-likeness (QED) is 0.641. The molecule has 1 unspecified atom stereocenters. The lowest BCUT2D eigenvalue weighted by Gasteiger charge is -2.27. The Morgan fingerprint density at radius 2 is 2.23 bits per heavy atom. The number of hydrogen-bond acceptors (Lipinski definition) is 7. The summed E-state index contributed by atoms with van der Waals surface area (Å²) in [5.74, 6) is -0.318. The zero-order valence-corrected chi connectivity index (χ0v) is 18.4. The lowest BCUT2D eigenvalue weighted by Crippen LogP contribution is -2.25. The number of nitrogens with two attached hydrogens (primary N) is 1. The van der Waals surface area contributed by atoms with Gasteiger partial charge >= 0.3 is 5.97 Å². The molecule has 3 rings (SSSR count). The SMILES string of the molecule is CCOC(=O)C1=C(C)OC(N)=C(C#N)C1c1ccc(OC)c(Cn2cc(Br)cn2)c1. The first-order valence-corrected chi connectivity index (χ1v) is 9.99. The second-order valence-electron chi connectivity index (χ2n) is 6.54. The number of benzene rings is 1. The standard InChI is InChI=1S/C21H21BrN4O4/c1-4-29-21(27)18-12(2)30-20(24)16(8-23)19(18)13-5-6-17(28-3)14(7-13)10-26-11-15(22)9-25-26/h5-7,9,11,19H,4,10,24H2,1-3H3. The molecular formula is C21H21BrN4O4. The first-order chi connectivity index (χ1) is 14.4. The van der Waals surface area contributed by atoms with Gasteiger partial charge in [-0.3, -0.25) is 4.68 Å². The number of hydrogen-bond donors (Lipinski definition) is 1. The van der Waals surface area contributed by atoms with Crippen molar-refractivity contribution in [2.24, 2.45) is 5.73 Å². The Bertz CT molecular complexity index is 1080. The average molecular weight is 473 g/mol. The number of nitrogens with zero attached hydrogens (tertiary/aromatic N) is 3. The van der Waals surface area contributed by atoms with Gasteiger partial charge in [0, 0.05) is 11.8 Å². The maximum absolute atomic E-state index is 12.7. The summed E-state index contributed by atoms with van der Waals surface area (Å²) in [6.07, 6.45) is 3.53. The summed E-state index contributed by atoms with van der Waals surface area (Å²) in [6, 6.07) is 7.55. The van der Waals surface area contributed by atoms with Crippen LogP contribution in [0.5, 0.6) is 5.75 Å². The summed E-state index contributed by atoms with van der Waals surface area (Å²) in [4.78, 5) is 12.7. The average Bonchev–Trinajstić information content (AvgIpc) is 3.12. The van der Waals surface area contributed by atoms with Gasteiger partial charge < -0.3 is 19.9 Å². The van der Waals surface area contributed by atoms with Crippen LogP contribution in [-0.2, 0) is 20.8 Å². The molecule has 0 saturated carbocycles. The highest BCUT2D eigenvalue weighted by atomic mass is 79.9. The van der Waals surface area contributed by atoms with Gasteiger partial charge in [0.05, 0.1) is 42.4 Å². The van der Waals surface area contributed by atoms with Crippen LogP contribution >= 0.6 is 15.9 Å². The van der Waals surface area contributed by atoms with Gasteiger partial charge in [0.1, 0.15) is 23.2 Å². The van der Waals surface area contributed by atoms with Crippen molar-refractivity contribution >= 4 is 21.9 Å². The highest BCUT2D eigenvalue weighted by Crippen LogP contribution is 2.40. The number of methoxy groups -OCH3 is 1. The molecule has 9 heteroatoms. The van der Waals surface area contributed by atoms with Gasteiger partial charge in [0.25, 0.3) is 0 Å². The van der Waals surface area contributed by atoms with Crippen LogP contribution in [-0.4, -0.2) is 29.5 Å². The highest BCUT2D eigenvalue weighted by molar-refractivity contribution is 9.10. The van der Waals surface area contributed by atoms with E-state index < -0.39 is 11.9 Å². The Balaban J connectivity index is 2.12. The maximum Gasteiger partial charge on any atom is 0.338 e. The minimum atomic E-state index is -0.711. The van der Waals surface area contributed by atoms with E-state index in [2.05, 4.69) is 27.1 Å². The summed E-state index contributed by atoms with van der Waals surface area (Å²) in [7, 11) is 1.58. The van der Waals surface area contributed by atoms with Gasteiger partial charge in [0.15, 0.2) is 0 Å². The lowest BCUT2D eigenvalue weighted by molar-refractivity contribution is -0.139. The van der Waals surface area contributed by atoms with Crippen molar-refractivity contribution in [1.29, 1.82) is 5.26 Å². The summed E-state index contributed by atoms with van der Waals surface area (Å²) in [6.45, 7) is 3.98. The minimum absolute atomic E-state index is 0.0265. The van der Waals surface area contributed by atoms with E-state index in [1.807, 2.05) is 12.3 Å². The maximum atomic E-state index is 12.7. The molecule has 0 spiro atoms. The summed E-state index contributed by atoms with van der Waals surface area (Å²) >= 11 is 3.39. The number of esters is 1. The van der Waals surface area contributed by atoms with Gasteiger partial charge in [-0.2, -0.15) is 10.4 Å². The van der Waals surface area contributed by atoms with Crippen LogP contribution < -0.4 is 10.5 Å². The largest absolute Gasteiger partial charge is 0.496 e. The number of aromatic nitrogens is 2. The number of carbonyl (C=O) groups excluding carboxylic acids is 1. The number of halogens is 1. The van der Waals surface area contributed by atoms with Crippen molar-refractivity contribution in [2.75, 3.05) is 13.7 Å². The van der Waals surface area contributed by atoms with E-state index in [0.717, 1.165) is 10.0 Å². The van der Waals surface area contributed by atoms with Crippen LogP contribution in [0.2, 0.25) is 0 Å². The molecule has 0 bridgehead atoms. The first-order valence-electron chi connectivity index (χ1n) is 9.19. The van der Waals surface area contributed by atoms with Gasteiger partial charge in [-0.25, -0.2) is 4.79 Å². The normalized spacial score (nSPS) is 16.2. The van der Waals surface area contributed by atoms with Gasteiger partial charge in [-0.15, -0.1) is 0 Å². The second-order valence-corrected chi connectivity index (χ2v) is 7.46. The first kappa shape index (κ1) is 21.5. The molecule has 1 aliphatic heterocycles. The molecule has 30 heavy (non-hydrogen) atoms. The van der Waals surface area contributed by atoms with Gasteiger partial charge in [-0.1, -0.05) is 6.07 Å². The van der Waals surface area contributed by atoms with Crippen molar-refractivity contribution in [3.8, 4) is 11.8 Å². The highest BCUT2D eigenvalue weighted by Gasteiger charge is 2.36. The predicted octanol–water partition coefficient (Wildman–Crippen LogP) is 3.35. The second kappa shape index (κ2) is 9.05. The fourth-order valence-electron chi connectivity index (χ4n) is 3.39. The Kier molecular flexibility index (Phi) is 6.47. The fourth-order valence-corrected chi connectivity index (χ4v) is 3.72. The number of rotatable bonds is 6. The fraction of sp³-hybridized carbons (Fsp3) is 0.286. The molecule has 0 saturated heterocycles. The molecule has 2 heterocycles. The van der Waals surface area contributed by atoms with Crippen molar-refractivity contribution in [1.82, 2.24) is 9.78 Å². The number of ether oxygens (including phenoxy) is 3. The Labute approximate surface area is 182 Å². The van der Waals surface area contributed by atoms with Gasteiger partial charge in [0.2, 0.25) is 5.88 Å². The van der Waals surface area contributed by atoms with Crippen molar-refractivity contribution in [2.45, 2.75) is 26.3 Å². The third-order valence-corrected chi connectivity index (χ3v) is 5.08. The van der Waals surface area contributed by atoms with E-state index in [4.69, 9.17) is 19.9 Å². The van der Waals surface area contributed by atoms with Gasteiger partial charge in [-0.05, 0) is 47.5 Å². The molecule has 8 nitrogen and oxygen atoms in total. The van der Waals surface area contributed by atoms with E-state index in [1.165, 1.54) is 0 Å². The lowest BCUT2D eigenvalue weighted by atomic mass is 9.82. The molecule has 0 amide bonds. The van der Waals surface area contributed by atoms with Crippen molar-refractivity contribution in [3.63, 3.8) is 0 Å². The Morgan fingerprint density at radius 1 is 1.47 bits per heavy atom. The van der Waals surface area contributed by atoms with E-state index in [0.29, 0.717) is 23.6 Å². The van der Waals surface area contributed by atoms with Crippen LogP contribution in [0.3, 0.4) is 0 Å². The molecule has 2 aromatic rings. The molecule has 1 aromatic heterocycles. The molecule has 0 aliphatic carbocycles. The smallest absolute Gasteiger partial charge is 0.338 e. The molecule has 1 aromatic carbocycles. The molecule has 0 fully saturated rings. The molecule has 2 N–H and O–H groups in total. The van der Waals surface area contributed by atoms with Crippen LogP contribution in [0.1, 0.15) is 30.9 Å². The van der Waals surface area contributed by atoms with E-state index in [-0.39, 0.29) is 23.6 Å². The van der Waals surface area contributed by atoms with E-state index in [1.54, 1.807) is 44.0 Å².